The summed E-state index contributed by atoms with van der Waals surface area (Å²) in [4.78, 5) is 0. The number of hydrogen-bond donors (Lipinski definition) is 1. The first kappa shape index (κ1) is 20.9. The van der Waals surface area contributed by atoms with E-state index in [0.717, 1.165) is 38.2 Å². The van der Waals surface area contributed by atoms with Crippen LogP contribution < -0.4 is 10.1 Å². The number of nitrogens with one attached hydrogen (secondary N) is 1. The zero-order chi connectivity index (χ0) is 20.0. The molecular formula is C25H35NO2. The molecular weight excluding hydrogens is 346 g/mol. The van der Waals surface area contributed by atoms with Crippen LogP contribution in [0.2, 0.25) is 0 Å². The van der Waals surface area contributed by atoms with Gasteiger partial charge in [0.15, 0.2) is 0 Å². The van der Waals surface area contributed by atoms with E-state index in [1.807, 2.05) is 0 Å². The van der Waals surface area contributed by atoms with Crippen molar-refractivity contribution in [1.82, 2.24) is 5.32 Å². The van der Waals surface area contributed by atoms with Crippen molar-refractivity contribution in [2.45, 2.75) is 57.6 Å². The van der Waals surface area contributed by atoms with E-state index in [1.54, 1.807) is 7.11 Å². The highest BCUT2D eigenvalue weighted by Crippen LogP contribution is 2.42. The van der Waals surface area contributed by atoms with Gasteiger partial charge in [-0.1, -0.05) is 48.5 Å². The van der Waals surface area contributed by atoms with Crippen LogP contribution in [-0.4, -0.2) is 25.9 Å². The topological polar surface area (TPSA) is 30.5 Å². The number of hydrogen-bond acceptors (Lipinski definition) is 3. The fourth-order valence-electron chi connectivity index (χ4n) is 4.56. The molecule has 0 bridgehead atoms. The summed E-state index contributed by atoms with van der Waals surface area (Å²) in [6, 6.07) is 19.5. The average Bonchev–Trinajstić information content (AvgIpc) is 2.71. The van der Waals surface area contributed by atoms with Crippen molar-refractivity contribution < 1.29 is 9.47 Å². The van der Waals surface area contributed by atoms with Crippen molar-refractivity contribution in [1.29, 1.82) is 0 Å². The van der Waals surface area contributed by atoms with E-state index in [4.69, 9.17) is 9.47 Å². The molecule has 3 nitrogen and oxygen atoms in total. The van der Waals surface area contributed by atoms with E-state index in [0.29, 0.717) is 17.9 Å². The van der Waals surface area contributed by atoms with Crippen molar-refractivity contribution in [3.63, 3.8) is 0 Å². The van der Waals surface area contributed by atoms with Gasteiger partial charge in [-0.25, -0.2) is 0 Å². The molecule has 3 atom stereocenters. The summed E-state index contributed by atoms with van der Waals surface area (Å²) < 4.78 is 11.7. The maximum atomic E-state index is 5.99. The second-order valence-electron chi connectivity index (χ2n) is 8.58. The van der Waals surface area contributed by atoms with Crippen LogP contribution in [0.25, 0.3) is 0 Å². The first-order chi connectivity index (χ1) is 13.5. The van der Waals surface area contributed by atoms with Gasteiger partial charge in [0, 0.05) is 12.6 Å². The summed E-state index contributed by atoms with van der Waals surface area (Å²) in [7, 11) is 1.78. The van der Waals surface area contributed by atoms with Gasteiger partial charge in [0.25, 0.3) is 0 Å². The Morgan fingerprint density at radius 3 is 2.54 bits per heavy atom. The van der Waals surface area contributed by atoms with E-state index in [-0.39, 0.29) is 5.60 Å². The quantitative estimate of drug-likeness (QED) is 0.634. The van der Waals surface area contributed by atoms with E-state index < -0.39 is 0 Å². The monoisotopic (exact) mass is 381 g/mol. The minimum Gasteiger partial charge on any atom is -0.496 e. The lowest BCUT2D eigenvalue weighted by atomic mass is 9.75. The summed E-state index contributed by atoms with van der Waals surface area (Å²) in [5.41, 5.74) is 2.62. The molecule has 0 aliphatic carbocycles. The van der Waals surface area contributed by atoms with Crippen molar-refractivity contribution in [2.24, 2.45) is 5.92 Å². The fraction of sp³-hybridized carbons (Fsp3) is 0.520. The molecule has 0 amide bonds. The molecule has 1 aliphatic heterocycles. The van der Waals surface area contributed by atoms with Crippen LogP contribution in [0.5, 0.6) is 5.75 Å². The van der Waals surface area contributed by atoms with Crippen LogP contribution in [0.4, 0.5) is 0 Å². The summed E-state index contributed by atoms with van der Waals surface area (Å²) in [5, 5.41) is 3.72. The molecule has 0 saturated carbocycles. The number of para-hydroxylation sites is 1. The van der Waals surface area contributed by atoms with Gasteiger partial charge in [0.2, 0.25) is 0 Å². The third-order valence-corrected chi connectivity index (χ3v) is 6.05. The first-order valence-electron chi connectivity index (χ1n) is 10.6. The van der Waals surface area contributed by atoms with Crippen LogP contribution in [-0.2, 0) is 4.74 Å². The van der Waals surface area contributed by atoms with Crippen LogP contribution >= 0.6 is 0 Å². The minimum atomic E-state index is -0.0477. The SMILES string of the molecule is COc1ccccc1[C@@H](CCN[C@H](C)c1ccccc1)[C@@H]1CCOC(C)(C)C1. The summed E-state index contributed by atoms with van der Waals surface area (Å²) in [6.07, 6.45) is 3.29. The Morgan fingerprint density at radius 2 is 1.82 bits per heavy atom. The zero-order valence-electron chi connectivity index (χ0n) is 17.8. The van der Waals surface area contributed by atoms with Gasteiger partial charge in [-0.15, -0.1) is 0 Å². The van der Waals surface area contributed by atoms with E-state index in [9.17, 15) is 0 Å². The van der Waals surface area contributed by atoms with E-state index in [2.05, 4.69) is 80.7 Å². The van der Waals surface area contributed by atoms with Gasteiger partial charge in [-0.3, -0.25) is 0 Å². The Labute approximate surface area is 170 Å². The third kappa shape index (κ3) is 5.36. The largest absolute Gasteiger partial charge is 0.496 e. The molecule has 3 rings (SSSR count). The van der Waals surface area contributed by atoms with E-state index >= 15 is 0 Å². The van der Waals surface area contributed by atoms with Gasteiger partial charge in [-0.2, -0.15) is 0 Å². The van der Waals surface area contributed by atoms with Gasteiger partial charge < -0.3 is 14.8 Å². The Bertz CT molecular complexity index is 728. The molecule has 2 aromatic carbocycles. The molecule has 2 aromatic rings. The highest BCUT2D eigenvalue weighted by atomic mass is 16.5. The molecule has 1 saturated heterocycles. The van der Waals surface area contributed by atoms with Crippen molar-refractivity contribution in [2.75, 3.05) is 20.3 Å². The second kappa shape index (κ2) is 9.58. The molecule has 0 radical (unpaired) electrons. The van der Waals surface area contributed by atoms with Crippen LogP contribution in [0.1, 0.15) is 63.1 Å². The molecule has 3 heteroatoms. The third-order valence-electron chi connectivity index (χ3n) is 6.05. The molecule has 0 unspecified atom stereocenters. The molecule has 0 spiro atoms. The predicted octanol–water partition coefficient (Wildman–Crippen LogP) is 5.72. The van der Waals surface area contributed by atoms with Crippen LogP contribution in [0, 0.1) is 5.92 Å². The number of rotatable bonds is 8. The van der Waals surface area contributed by atoms with Gasteiger partial charge in [-0.05, 0) is 75.6 Å². The normalized spacial score (nSPS) is 21.1. The average molecular weight is 382 g/mol. The highest BCUT2D eigenvalue weighted by molar-refractivity contribution is 5.37. The second-order valence-corrected chi connectivity index (χ2v) is 8.58. The lowest BCUT2D eigenvalue weighted by Crippen LogP contribution is -2.37. The van der Waals surface area contributed by atoms with Crippen molar-refractivity contribution >= 4 is 0 Å². The smallest absolute Gasteiger partial charge is 0.122 e. The Kier molecular flexibility index (Phi) is 7.14. The Morgan fingerprint density at radius 1 is 1.11 bits per heavy atom. The van der Waals surface area contributed by atoms with Crippen molar-refractivity contribution in [3.8, 4) is 5.75 Å². The van der Waals surface area contributed by atoms with Crippen LogP contribution in [0.15, 0.2) is 54.6 Å². The van der Waals surface area contributed by atoms with Gasteiger partial charge >= 0.3 is 0 Å². The summed E-state index contributed by atoms with van der Waals surface area (Å²) in [5.74, 6) is 2.08. The molecule has 1 aliphatic rings. The van der Waals surface area contributed by atoms with E-state index in [1.165, 1.54) is 11.1 Å². The molecule has 0 aromatic heterocycles. The van der Waals surface area contributed by atoms with Gasteiger partial charge in [0.1, 0.15) is 5.75 Å². The number of benzene rings is 2. The maximum Gasteiger partial charge on any atom is 0.122 e. The zero-order valence-corrected chi connectivity index (χ0v) is 17.8. The summed E-state index contributed by atoms with van der Waals surface area (Å²) in [6.45, 7) is 8.50. The Hall–Kier alpha value is -1.84. The first-order valence-corrected chi connectivity index (χ1v) is 10.6. The predicted molar refractivity (Wildman–Crippen MR) is 116 cm³/mol. The van der Waals surface area contributed by atoms with Gasteiger partial charge in [0.05, 0.1) is 12.7 Å². The highest BCUT2D eigenvalue weighted by Gasteiger charge is 2.35. The molecule has 1 N–H and O–H groups in total. The standard InChI is InChI=1S/C25H35NO2/c1-19(20-10-6-5-7-11-20)26-16-14-22(21-15-17-28-25(2,3)18-21)23-12-8-9-13-24(23)27-4/h5-13,19,21-22,26H,14-18H2,1-4H3/t19-,21-,22+/m1/s1. The maximum absolute atomic E-state index is 5.99. The number of ether oxygens (including phenoxy) is 2. The number of methoxy groups -OCH3 is 1. The lowest BCUT2D eigenvalue weighted by Gasteiger charge is -2.40. The fourth-order valence-corrected chi connectivity index (χ4v) is 4.56. The minimum absolute atomic E-state index is 0.0477. The van der Waals surface area contributed by atoms with Crippen molar-refractivity contribution in [3.05, 3.63) is 65.7 Å². The summed E-state index contributed by atoms with van der Waals surface area (Å²) >= 11 is 0. The Balaban J connectivity index is 1.73. The van der Waals surface area contributed by atoms with Crippen LogP contribution in [0.3, 0.4) is 0 Å². The molecule has 152 valence electrons. The molecule has 1 fully saturated rings. The molecule has 28 heavy (non-hydrogen) atoms. The lowest BCUT2D eigenvalue weighted by molar-refractivity contribution is -0.0773. The molecule has 1 heterocycles.